The number of nitrogens with one attached hydrogen (secondary N) is 1. The first kappa shape index (κ1) is 8.97. The standard InChI is InChI=1S/C8H18N2O/c1-9-8-6-10(7-8)4-3-5-11-2/h8-9H,3-7H2,1-2H3. The van der Waals surface area contributed by atoms with Crippen LogP contribution in [0, 0.1) is 0 Å². The monoisotopic (exact) mass is 158 g/mol. The van der Waals surface area contributed by atoms with Gasteiger partial charge in [0.05, 0.1) is 0 Å². The molecule has 0 unspecified atom stereocenters. The molecule has 1 saturated heterocycles. The molecule has 1 aliphatic heterocycles. The molecule has 3 heteroatoms. The van der Waals surface area contributed by atoms with Crippen LogP contribution < -0.4 is 5.32 Å². The highest BCUT2D eigenvalue weighted by Gasteiger charge is 2.23. The predicted octanol–water partition coefficient (Wildman–Crippen LogP) is -0.0735. The lowest BCUT2D eigenvalue weighted by Gasteiger charge is -2.38. The number of likely N-dealkylation sites (N-methyl/N-ethyl adjacent to an activating group) is 1. The molecule has 0 aromatic heterocycles. The molecule has 66 valence electrons. The number of methoxy groups -OCH3 is 1. The van der Waals surface area contributed by atoms with Crippen molar-refractivity contribution < 1.29 is 4.74 Å². The summed E-state index contributed by atoms with van der Waals surface area (Å²) < 4.78 is 4.97. The molecule has 0 atom stereocenters. The number of nitrogens with zero attached hydrogens (tertiary/aromatic N) is 1. The maximum absolute atomic E-state index is 4.97. The third kappa shape index (κ3) is 2.77. The van der Waals surface area contributed by atoms with E-state index < -0.39 is 0 Å². The van der Waals surface area contributed by atoms with Crippen LogP contribution in [0.5, 0.6) is 0 Å². The van der Waals surface area contributed by atoms with Crippen molar-refractivity contribution >= 4 is 0 Å². The van der Waals surface area contributed by atoms with Gasteiger partial charge in [-0.25, -0.2) is 0 Å². The van der Waals surface area contributed by atoms with E-state index in [0.717, 1.165) is 19.1 Å². The van der Waals surface area contributed by atoms with E-state index in [1.807, 2.05) is 7.05 Å². The highest BCUT2D eigenvalue weighted by Crippen LogP contribution is 2.06. The van der Waals surface area contributed by atoms with Crippen molar-refractivity contribution in [3.8, 4) is 0 Å². The first-order chi connectivity index (χ1) is 5.36. The van der Waals surface area contributed by atoms with Crippen molar-refractivity contribution in [2.75, 3.05) is 40.4 Å². The second-order valence-corrected chi connectivity index (χ2v) is 3.09. The Morgan fingerprint density at radius 1 is 1.55 bits per heavy atom. The van der Waals surface area contributed by atoms with Crippen molar-refractivity contribution in [2.45, 2.75) is 12.5 Å². The average Bonchev–Trinajstić information content (AvgIpc) is 1.94. The molecule has 1 heterocycles. The van der Waals surface area contributed by atoms with Crippen molar-refractivity contribution in [3.63, 3.8) is 0 Å². The zero-order valence-electron chi connectivity index (χ0n) is 7.47. The van der Waals surface area contributed by atoms with Gasteiger partial charge < -0.3 is 15.0 Å². The fraction of sp³-hybridized carbons (Fsp3) is 1.00. The van der Waals surface area contributed by atoms with Gasteiger partial charge in [-0.2, -0.15) is 0 Å². The Bertz CT molecular complexity index is 102. The molecule has 1 N–H and O–H groups in total. The van der Waals surface area contributed by atoms with Crippen LogP contribution in [0.4, 0.5) is 0 Å². The second-order valence-electron chi connectivity index (χ2n) is 3.09. The van der Waals surface area contributed by atoms with E-state index in [1.165, 1.54) is 19.6 Å². The molecule has 0 aliphatic carbocycles. The van der Waals surface area contributed by atoms with Gasteiger partial charge in [-0.3, -0.25) is 0 Å². The van der Waals surface area contributed by atoms with Gasteiger partial charge in [0.25, 0.3) is 0 Å². The quantitative estimate of drug-likeness (QED) is 0.567. The van der Waals surface area contributed by atoms with Gasteiger partial charge in [0.15, 0.2) is 0 Å². The molecule has 0 radical (unpaired) electrons. The first-order valence-electron chi connectivity index (χ1n) is 4.25. The Labute approximate surface area is 68.7 Å². The molecule has 0 amide bonds. The lowest BCUT2D eigenvalue weighted by atomic mass is 10.1. The summed E-state index contributed by atoms with van der Waals surface area (Å²) >= 11 is 0. The number of ether oxygens (including phenoxy) is 1. The summed E-state index contributed by atoms with van der Waals surface area (Å²) in [6.07, 6.45) is 1.16. The van der Waals surface area contributed by atoms with Crippen molar-refractivity contribution in [1.29, 1.82) is 0 Å². The predicted molar refractivity (Wildman–Crippen MR) is 45.8 cm³/mol. The molecule has 0 saturated carbocycles. The minimum Gasteiger partial charge on any atom is -0.385 e. The highest BCUT2D eigenvalue weighted by atomic mass is 16.5. The van der Waals surface area contributed by atoms with Crippen molar-refractivity contribution in [1.82, 2.24) is 10.2 Å². The van der Waals surface area contributed by atoms with Gasteiger partial charge in [-0.15, -0.1) is 0 Å². The largest absolute Gasteiger partial charge is 0.385 e. The van der Waals surface area contributed by atoms with E-state index in [-0.39, 0.29) is 0 Å². The molecule has 1 aliphatic rings. The normalized spacial score (nSPS) is 20.2. The van der Waals surface area contributed by atoms with Gasteiger partial charge in [0.1, 0.15) is 0 Å². The van der Waals surface area contributed by atoms with E-state index in [9.17, 15) is 0 Å². The fourth-order valence-electron chi connectivity index (χ4n) is 1.37. The molecule has 11 heavy (non-hydrogen) atoms. The first-order valence-corrected chi connectivity index (χ1v) is 4.25. The Hall–Kier alpha value is -0.120. The van der Waals surface area contributed by atoms with Crippen LogP contribution in [0.15, 0.2) is 0 Å². The molecule has 1 fully saturated rings. The van der Waals surface area contributed by atoms with Crippen molar-refractivity contribution in [3.05, 3.63) is 0 Å². The molecule has 0 aromatic carbocycles. The smallest absolute Gasteiger partial charge is 0.0474 e. The summed E-state index contributed by atoms with van der Waals surface area (Å²) in [5.74, 6) is 0. The molecule has 0 spiro atoms. The Kier molecular flexibility index (Phi) is 3.83. The van der Waals surface area contributed by atoms with E-state index in [0.29, 0.717) is 0 Å². The van der Waals surface area contributed by atoms with Crippen LogP contribution in [-0.2, 0) is 4.74 Å². The third-order valence-corrected chi connectivity index (χ3v) is 2.19. The number of likely N-dealkylation sites (tertiary alicyclic amines) is 1. The molecule has 0 aromatic rings. The van der Waals surface area contributed by atoms with Crippen LogP contribution in [0.25, 0.3) is 0 Å². The minimum absolute atomic E-state index is 0.734. The van der Waals surface area contributed by atoms with Crippen LogP contribution in [-0.4, -0.2) is 51.3 Å². The van der Waals surface area contributed by atoms with Gasteiger partial charge in [0, 0.05) is 39.4 Å². The molecule has 3 nitrogen and oxygen atoms in total. The van der Waals surface area contributed by atoms with E-state index in [1.54, 1.807) is 7.11 Å². The van der Waals surface area contributed by atoms with E-state index in [2.05, 4.69) is 10.2 Å². The third-order valence-electron chi connectivity index (χ3n) is 2.19. The Balaban J connectivity index is 1.88. The Morgan fingerprint density at radius 2 is 2.27 bits per heavy atom. The maximum Gasteiger partial charge on any atom is 0.0474 e. The lowest BCUT2D eigenvalue weighted by molar-refractivity contribution is 0.110. The summed E-state index contributed by atoms with van der Waals surface area (Å²) in [4.78, 5) is 2.44. The van der Waals surface area contributed by atoms with E-state index in [4.69, 9.17) is 4.74 Å². The fourth-order valence-corrected chi connectivity index (χ4v) is 1.37. The van der Waals surface area contributed by atoms with Crippen LogP contribution in [0.3, 0.4) is 0 Å². The molecule has 0 bridgehead atoms. The maximum atomic E-state index is 4.97. The summed E-state index contributed by atoms with van der Waals surface area (Å²) in [6.45, 7) is 4.49. The zero-order valence-corrected chi connectivity index (χ0v) is 7.47. The second kappa shape index (κ2) is 4.70. The van der Waals surface area contributed by atoms with Crippen LogP contribution >= 0.6 is 0 Å². The molecular weight excluding hydrogens is 140 g/mol. The number of hydrogen-bond acceptors (Lipinski definition) is 3. The molecule has 1 rings (SSSR count). The van der Waals surface area contributed by atoms with Crippen LogP contribution in [0.1, 0.15) is 6.42 Å². The summed E-state index contributed by atoms with van der Waals surface area (Å²) in [7, 11) is 3.78. The lowest BCUT2D eigenvalue weighted by Crippen LogP contribution is -2.57. The van der Waals surface area contributed by atoms with Gasteiger partial charge >= 0.3 is 0 Å². The summed E-state index contributed by atoms with van der Waals surface area (Å²) in [5, 5.41) is 3.25. The van der Waals surface area contributed by atoms with Crippen LogP contribution in [0.2, 0.25) is 0 Å². The zero-order chi connectivity index (χ0) is 8.10. The number of hydrogen-bond donors (Lipinski definition) is 1. The molecular formula is C8H18N2O. The van der Waals surface area contributed by atoms with Gasteiger partial charge in [0.2, 0.25) is 0 Å². The van der Waals surface area contributed by atoms with Crippen molar-refractivity contribution in [2.24, 2.45) is 0 Å². The minimum atomic E-state index is 0.734. The van der Waals surface area contributed by atoms with Gasteiger partial charge in [-0.05, 0) is 13.5 Å². The topological polar surface area (TPSA) is 24.5 Å². The Morgan fingerprint density at radius 3 is 2.82 bits per heavy atom. The van der Waals surface area contributed by atoms with Gasteiger partial charge in [-0.1, -0.05) is 0 Å². The van der Waals surface area contributed by atoms with E-state index >= 15 is 0 Å². The average molecular weight is 158 g/mol. The summed E-state index contributed by atoms with van der Waals surface area (Å²) in [5.41, 5.74) is 0. The number of rotatable bonds is 5. The SMILES string of the molecule is CNC1CN(CCCOC)C1. The highest BCUT2D eigenvalue weighted by molar-refractivity contribution is 4.83. The summed E-state index contributed by atoms with van der Waals surface area (Å²) in [6, 6.07) is 0.734.